The summed E-state index contributed by atoms with van der Waals surface area (Å²) < 4.78 is 5.93. The second kappa shape index (κ2) is 8.57. The zero-order valence-corrected chi connectivity index (χ0v) is 21.2. The fourth-order valence-electron chi connectivity index (χ4n) is 4.20. The lowest BCUT2D eigenvalue weighted by Gasteiger charge is -2.13. The fourth-order valence-corrected chi connectivity index (χ4v) is 4.35. The zero-order valence-electron chi connectivity index (χ0n) is 20.3. The topological polar surface area (TPSA) is 66.6 Å². The minimum Gasteiger partial charge on any atom is -0.457 e. The Bertz CT molecular complexity index is 1690. The first-order chi connectivity index (χ1) is 17.3. The molecule has 0 unspecified atom stereocenters. The van der Waals surface area contributed by atoms with Crippen LogP contribution in [-0.4, -0.2) is 19.9 Å². The molecule has 2 heterocycles. The summed E-state index contributed by atoms with van der Waals surface area (Å²) in [5.41, 5.74) is 7.20. The minimum absolute atomic E-state index is 0.0212. The minimum atomic E-state index is -0.0212. The van der Waals surface area contributed by atoms with E-state index < -0.39 is 0 Å². The molecule has 0 saturated carbocycles. The summed E-state index contributed by atoms with van der Waals surface area (Å²) in [5, 5.41) is 0. The summed E-state index contributed by atoms with van der Waals surface area (Å²) >= 11 is 4.31. The number of imidazole rings is 2. The molecule has 0 bridgehead atoms. The number of nitrogens with zero attached hydrogens (tertiary/aromatic N) is 2. The maximum Gasteiger partial charge on any atom is 0.138 e. The largest absolute Gasteiger partial charge is 0.457 e. The van der Waals surface area contributed by atoms with Crippen molar-refractivity contribution < 1.29 is 4.74 Å². The van der Waals surface area contributed by atoms with Gasteiger partial charge < -0.3 is 14.7 Å². The number of benzene rings is 4. The number of rotatable bonds is 4. The molecule has 4 aromatic carbocycles. The van der Waals surface area contributed by atoms with Crippen molar-refractivity contribution in [2.75, 3.05) is 0 Å². The Kier molecular flexibility index (Phi) is 5.34. The van der Waals surface area contributed by atoms with Gasteiger partial charge >= 0.3 is 0 Å². The maximum absolute atomic E-state index is 5.93. The Morgan fingerprint density at radius 3 is 1.78 bits per heavy atom. The van der Waals surface area contributed by atoms with E-state index >= 15 is 0 Å². The van der Waals surface area contributed by atoms with Gasteiger partial charge in [0, 0.05) is 15.9 Å². The van der Waals surface area contributed by atoms with Gasteiger partial charge in [0.1, 0.15) is 23.1 Å². The zero-order chi connectivity index (χ0) is 24.9. The fraction of sp³-hybridized carbons (Fsp3) is 0.133. The van der Waals surface area contributed by atoms with Crippen LogP contribution in [0.4, 0.5) is 0 Å². The third-order valence-corrected chi connectivity index (χ3v) is 6.51. The highest BCUT2D eigenvalue weighted by Gasteiger charge is 2.18. The van der Waals surface area contributed by atoms with E-state index in [1.165, 1.54) is 0 Å². The van der Waals surface area contributed by atoms with Crippen LogP contribution in [0.15, 0.2) is 89.8 Å². The van der Waals surface area contributed by atoms with Crippen LogP contribution in [0.25, 0.3) is 44.6 Å². The third kappa shape index (κ3) is 4.36. The molecule has 0 aliphatic carbocycles. The van der Waals surface area contributed by atoms with E-state index in [1.54, 1.807) is 0 Å². The van der Waals surface area contributed by atoms with Crippen LogP contribution in [0.2, 0.25) is 0 Å². The number of H-pyrrole nitrogens is 2. The van der Waals surface area contributed by atoms with E-state index in [-0.39, 0.29) is 5.41 Å². The van der Waals surface area contributed by atoms with E-state index in [0.29, 0.717) is 0 Å². The highest BCUT2D eigenvalue weighted by atomic mass is 32.1. The van der Waals surface area contributed by atoms with Gasteiger partial charge in [-0.05, 0) is 83.9 Å². The highest BCUT2D eigenvalue weighted by Crippen LogP contribution is 2.30. The summed E-state index contributed by atoms with van der Waals surface area (Å²) in [6, 6.07) is 28.2. The van der Waals surface area contributed by atoms with Crippen molar-refractivity contribution in [3.05, 3.63) is 90.8 Å². The molecule has 5 nitrogen and oxygen atoms in total. The summed E-state index contributed by atoms with van der Waals surface area (Å²) in [4.78, 5) is 17.4. The molecule has 0 saturated heterocycles. The Morgan fingerprint density at radius 2 is 1.17 bits per heavy atom. The van der Waals surface area contributed by atoms with Crippen LogP contribution >= 0.6 is 12.6 Å². The molecule has 0 aliphatic heterocycles. The van der Waals surface area contributed by atoms with Crippen LogP contribution in [-0.2, 0) is 5.41 Å². The number of thiol groups is 1. The van der Waals surface area contributed by atoms with Gasteiger partial charge in [-0.15, -0.1) is 12.6 Å². The lowest BCUT2D eigenvalue weighted by Crippen LogP contribution is -2.12. The summed E-state index contributed by atoms with van der Waals surface area (Å²) in [6.07, 6.45) is 0. The van der Waals surface area contributed by atoms with Crippen molar-refractivity contribution in [2.24, 2.45) is 0 Å². The Hall–Kier alpha value is -4.03. The van der Waals surface area contributed by atoms with Crippen LogP contribution < -0.4 is 4.74 Å². The summed E-state index contributed by atoms with van der Waals surface area (Å²) in [5.74, 6) is 3.37. The van der Waals surface area contributed by atoms with E-state index in [2.05, 4.69) is 79.8 Å². The van der Waals surface area contributed by atoms with Gasteiger partial charge in [0.2, 0.25) is 0 Å². The molecule has 36 heavy (non-hydrogen) atoms. The van der Waals surface area contributed by atoms with Crippen molar-refractivity contribution in [2.45, 2.75) is 31.1 Å². The standard InChI is InChI=1S/C30H26N4OS/c1-30(2,3)29-33-25-15-7-20(17-27(25)34-29)19-6-14-24-26(16-19)32-28(31-24)18-4-8-21(9-5-18)35-22-10-12-23(36)13-11-22/h4-17,36H,1-3H3,(H,31,32)(H,33,34). The van der Waals surface area contributed by atoms with Gasteiger partial charge in [-0.1, -0.05) is 32.9 Å². The average molecular weight is 491 g/mol. The Labute approximate surface area is 215 Å². The number of fused-ring (bicyclic) bond motifs is 2. The van der Waals surface area contributed by atoms with Gasteiger partial charge in [0.15, 0.2) is 0 Å². The van der Waals surface area contributed by atoms with E-state index in [1.807, 2.05) is 48.5 Å². The van der Waals surface area contributed by atoms with Gasteiger partial charge in [0.05, 0.1) is 22.1 Å². The van der Waals surface area contributed by atoms with Crippen molar-refractivity contribution in [1.29, 1.82) is 0 Å². The monoisotopic (exact) mass is 490 g/mol. The first-order valence-electron chi connectivity index (χ1n) is 11.9. The number of ether oxygens (including phenoxy) is 1. The number of aromatic amines is 2. The van der Waals surface area contributed by atoms with Crippen molar-refractivity contribution in [3.8, 4) is 34.0 Å². The molecule has 2 aromatic heterocycles. The molecule has 0 fully saturated rings. The molecular formula is C30H26N4OS. The van der Waals surface area contributed by atoms with Crippen LogP contribution in [0.5, 0.6) is 11.5 Å². The molecule has 6 aromatic rings. The predicted molar refractivity (Wildman–Crippen MR) is 149 cm³/mol. The molecule has 178 valence electrons. The average Bonchev–Trinajstić information content (AvgIpc) is 3.49. The molecule has 0 radical (unpaired) electrons. The maximum atomic E-state index is 5.93. The number of hydrogen-bond acceptors (Lipinski definition) is 4. The second-order valence-electron chi connectivity index (χ2n) is 10.0. The van der Waals surface area contributed by atoms with Crippen LogP contribution in [0.1, 0.15) is 26.6 Å². The first-order valence-corrected chi connectivity index (χ1v) is 12.3. The predicted octanol–water partition coefficient (Wildman–Crippen LogP) is 8.15. The SMILES string of the molecule is CC(C)(C)c1nc2ccc(-c3ccc4nc(-c5ccc(Oc6ccc(S)cc6)cc5)[nH]c4c3)cc2[nH]1. The van der Waals surface area contributed by atoms with E-state index in [0.717, 1.165) is 66.8 Å². The molecule has 0 aliphatic rings. The van der Waals surface area contributed by atoms with Gasteiger partial charge in [-0.3, -0.25) is 0 Å². The van der Waals surface area contributed by atoms with Gasteiger partial charge in [-0.25, -0.2) is 9.97 Å². The van der Waals surface area contributed by atoms with Crippen LogP contribution in [0.3, 0.4) is 0 Å². The lowest BCUT2D eigenvalue weighted by molar-refractivity contribution is 0.482. The number of nitrogens with one attached hydrogen (secondary N) is 2. The third-order valence-electron chi connectivity index (χ3n) is 6.21. The molecular weight excluding hydrogens is 464 g/mol. The van der Waals surface area contributed by atoms with Gasteiger partial charge in [-0.2, -0.15) is 0 Å². The second-order valence-corrected chi connectivity index (χ2v) is 10.5. The molecule has 2 N–H and O–H groups in total. The summed E-state index contributed by atoms with van der Waals surface area (Å²) in [6.45, 7) is 6.49. The molecule has 6 heteroatoms. The molecule has 0 spiro atoms. The highest BCUT2D eigenvalue weighted by molar-refractivity contribution is 7.80. The quantitative estimate of drug-likeness (QED) is 0.218. The van der Waals surface area contributed by atoms with Crippen molar-refractivity contribution in [3.63, 3.8) is 0 Å². The molecule has 6 rings (SSSR count). The lowest BCUT2D eigenvalue weighted by atomic mass is 9.96. The van der Waals surface area contributed by atoms with Crippen molar-refractivity contribution >= 4 is 34.7 Å². The Balaban J connectivity index is 1.27. The van der Waals surface area contributed by atoms with E-state index in [9.17, 15) is 0 Å². The summed E-state index contributed by atoms with van der Waals surface area (Å²) in [7, 11) is 0. The van der Waals surface area contributed by atoms with Gasteiger partial charge in [0.25, 0.3) is 0 Å². The van der Waals surface area contributed by atoms with Crippen molar-refractivity contribution in [1.82, 2.24) is 19.9 Å². The first kappa shape index (κ1) is 22.4. The number of aromatic nitrogens is 4. The molecule has 0 amide bonds. The smallest absolute Gasteiger partial charge is 0.138 e. The number of hydrogen-bond donors (Lipinski definition) is 3. The van der Waals surface area contributed by atoms with E-state index in [4.69, 9.17) is 14.7 Å². The van der Waals surface area contributed by atoms with Crippen LogP contribution in [0, 0.1) is 0 Å². The normalized spacial score (nSPS) is 11.9. The molecule has 0 atom stereocenters. The Morgan fingerprint density at radius 1 is 0.639 bits per heavy atom.